The van der Waals surface area contributed by atoms with E-state index in [-0.39, 0.29) is 30.4 Å². The first-order chi connectivity index (χ1) is 8.37. The lowest BCUT2D eigenvalue weighted by molar-refractivity contribution is -0.121. The van der Waals surface area contributed by atoms with Crippen molar-refractivity contribution < 1.29 is 22.2 Å². The van der Waals surface area contributed by atoms with Gasteiger partial charge in [0.1, 0.15) is 5.75 Å². The molecule has 0 unspecified atom stereocenters. The van der Waals surface area contributed by atoms with Gasteiger partial charge in [0, 0.05) is 12.8 Å². The summed E-state index contributed by atoms with van der Waals surface area (Å²) in [7, 11) is -3.58. The average Bonchev–Trinajstić information content (AvgIpc) is 2.58. The maximum Gasteiger partial charge on any atom is 0.306 e. The van der Waals surface area contributed by atoms with Gasteiger partial charge < -0.3 is 4.18 Å². The molecule has 0 N–H and O–H groups in total. The van der Waals surface area contributed by atoms with Gasteiger partial charge in [0.2, 0.25) is 11.8 Å². The second-order valence-electron chi connectivity index (χ2n) is 3.90. The summed E-state index contributed by atoms with van der Waals surface area (Å²) in [6, 6.07) is 5.74. The van der Waals surface area contributed by atoms with Gasteiger partial charge in [-0.1, -0.05) is 0 Å². The minimum absolute atomic E-state index is 0.139. The van der Waals surface area contributed by atoms with Gasteiger partial charge >= 0.3 is 10.1 Å². The maximum absolute atomic E-state index is 11.5. The van der Waals surface area contributed by atoms with Crippen LogP contribution < -0.4 is 9.08 Å². The monoisotopic (exact) mass is 269 g/mol. The molecular formula is C11H11NO5S. The Bertz CT molecular complexity index is 574. The van der Waals surface area contributed by atoms with Gasteiger partial charge in [0.25, 0.3) is 0 Å². The highest BCUT2D eigenvalue weighted by atomic mass is 32.2. The van der Waals surface area contributed by atoms with Crippen molar-refractivity contribution in [2.24, 2.45) is 0 Å². The molecule has 0 saturated carbocycles. The normalized spacial score (nSPS) is 16.2. The Morgan fingerprint density at radius 2 is 1.56 bits per heavy atom. The molecule has 1 fully saturated rings. The van der Waals surface area contributed by atoms with E-state index in [1.807, 2.05) is 0 Å². The first-order valence-corrected chi connectivity index (χ1v) is 7.04. The van der Waals surface area contributed by atoms with Crippen molar-refractivity contribution in [1.82, 2.24) is 0 Å². The van der Waals surface area contributed by atoms with E-state index in [2.05, 4.69) is 4.18 Å². The zero-order valence-corrected chi connectivity index (χ0v) is 10.4. The fraction of sp³-hybridized carbons (Fsp3) is 0.273. The lowest BCUT2D eigenvalue weighted by Gasteiger charge is -2.13. The number of hydrogen-bond donors (Lipinski definition) is 0. The number of benzene rings is 1. The standard InChI is InChI=1S/C11H11NO5S/c1-18(15,16)17-9-4-2-8(3-5-9)12-10(13)6-7-11(12)14/h2-5H,6-7H2,1H3. The van der Waals surface area contributed by atoms with Crippen molar-refractivity contribution >= 4 is 27.6 Å². The van der Waals surface area contributed by atoms with E-state index < -0.39 is 10.1 Å². The second kappa shape index (κ2) is 4.41. The number of amides is 2. The number of anilines is 1. The molecule has 0 bridgehead atoms. The third-order valence-electron chi connectivity index (χ3n) is 2.39. The van der Waals surface area contributed by atoms with Gasteiger partial charge in [0.15, 0.2) is 0 Å². The summed E-state index contributed by atoms with van der Waals surface area (Å²) in [5.41, 5.74) is 0.420. The van der Waals surface area contributed by atoms with Gasteiger partial charge in [-0.15, -0.1) is 0 Å². The average molecular weight is 269 g/mol. The zero-order valence-electron chi connectivity index (χ0n) is 9.62. The molecule has 6 nitrogen and oxygen atoms in total. The Labute approximate surface area is 104 Å². The SMILES string of the molecule is CS(=O)(=O)Oc1ccc(N2C(=O)CCC2=O)cc1. The highest BCUT2D eigenvalue weighted by Crippen LogP contribution is 2.25. The van der Waals surface area contributed by atoms with Gasteiger partial charge in [-0.25, -0.2) is 0 Å². The molecule has 1 aromatic carbocycles. The molecule has 0 atom stereocenters. The molecule has 1 heterocycles. The molecule has 2 rings (SSSR count). The summed E-state index contributed by atoms with van der Waals surface area (Å²) < 4.78 is 26.5. The van der Waals surface area contributed by atoms with Crippen LogP contribution >= 0.6 is 0 Å². The third kappa shape index (κ3) is 2.67. The van der Waals surface area contributed by atoms with Crippen LogP contribution in [0.4, 0.5) is 5.69 Å². The summed E-state index contributed by atoms with van der Waals surface area (Å²) in [6.45, 7) is 0. The van der Waals surface area contributed by atoms with E-state index in [0.717, 1.165) is 11.2 Å². The number of rotatable bonds is 3. The topological polar surface area (TPSA) is 80.8 Å². The number of nitrogens with zero attached hydrogens (tertiary/aromatic N) is 1. The van der Waals surface area contributed by atoms with Crippen molar-refractivity contribution in [3.63, 3.8) is 0 Å². The second-order valence-corrected chi connectivity index (χ2v) is 5.48. The van der Waals surface area contributed by atoms with Crippen LogP contribution in [-0.4, -0.2) is 26.5 Å². The van der Waals surface area contributed by atoms with Crippen molar-refractivity contribution in [3.05, 3.63) is 24.3 Å². The Kier molecular flexibility index (Phi) is 3.08. The van der Waals surface area contributed by atoms with E-state index in [0.29, 0.717) is 5.69 Å². The zero-order chi connectivity index (χ0) is 13.3. The van der Waals surface area contributed by atoms with Crippen molar-refractivity contribution in [1.29, 1.82) is 0 Å². The Morgan fingerprint density at radius 3 is 2.00 bits per heavy atom. The Hall–Kier alpha value is -1.89. The largest absolute Gasteiger partial charge is 0.383 e. The molecule has 96 valence electrons. The first kappa shape index (κ1) is 12.6. The predicted octanol–water partition coefficient (Wildman–Crippen LogP) is 0.678. The summed E-state index contributed by atoms with van der Waals surface area (Å²) in [4.78, 5) is 24.0. The molecule has 0 aromatic heterocycles. The summed E-state index contributed by atoms with van der Waals surface area (Å²) in [5, 5.41) is 0. The molecule has 0 radical (unpaired) electrons. The fourth-order valence-electron chi connectivity index (χ4n) is 1.69. The Balaban J connectivity index is 2.22. The highest BCUT2D eigenvalue weighted by Gasteiger charge is 2.30. The molecule has 1 aliphatic rings. The third-order valence-corrected chi connectivity index (χ3v) is 2.89. The van der Waals surface area contributed by atoms with Crippen molar-refractivity contribution in [2.45, 2.75) is 12.8 Å². The van der Waals surface area contributed by atoms with Gasteiger partial charge in [0.05, 0.1) is 11.9 Å². The van der Waals surface area contributed by atoms with Crippen LogP contribution in [0.5, 0.6) is 5.75 Å². The van der Waals surface area contributed by atoms with Crippen LogP contribution in [0.25, 0.3) is 0 Å². The molecular weight excluding hydrogens is 258 g/mol. The first-order valence-electron chi connectivity index (χ1n) is 5.22. The summed E-state index contributed by atoms with van der Waals surface area (Å²) in [5.74, 6) is -0.367. The van der Waals surface area contributed by atoms with Crippen molar-refractivity contribution in [3.8, 4) is 5.75 Å². The minimum atomic E-state index is -3.58. The van der Waals surface area contributed by atoms with E-state index in [4.69, 9.17) is 0 Å². The molecule has 0 spiro atoms. The number of imide groups is 1. The minimum Gasteiger partial charge on any atom is -0.383 e. The molecule has 2 amide bonds. The summed E-state index contributed by atoms with van der Waals surface area (Å²) in [6.07, 6.45) is 1.36. The van der Waals surface area contributed by atoms with E-state index in [1.165, 1.54) is 24.3 Å². The smallest absolute Gasteiger partial charge is 0.306 e. The number of carbonyl (C=O) groups excluding carboxylic acids is 2. The van der Waals surface area contributed by atoms with E-state index in [9.17, 15) is 18.0 Å². The number of hydrogen-bond acceptors (Lipinski definition) is 5. The van der Waals surface area contributed by atoms with Crippen LogP contribution in [0, 0.1) is 0 Å². The molecule has 0 aliphatic carbocycles. The van der Waals surface area contributed by atoms with Crippen LogP contribution in [0.3, 0.4) is 0 Å². The lowest BCUT2D eigenvalue weighted by atomic mass is 10.3. The molecule has 7 heteroatoms. The molecule has 1 saturated heterocycles. The van der Waals surface area contributed by atoms with Gasteiger partial charge in [-0.05, 0) is 24.3 Å². The van der Waals surface area contributed by atoms with Gasteiger partial charge in [-0.2, -0.15) is 8.42 Å². The predicted molar refractivity (Wildman–Crippen MR) is 63.6 cm³/mol. The molecule has 1 aliphatic heterocycles. The molecule has 18 heavy (non-hydrogen) atoms. The Morgan fingerprint density at radius 1 is 1.06 bits per heavy atom. The number of carbonyl (C=O) groups is 2. The van der Waals surface area contributed by atoms with Crippen LogP contribution in [0.15, 0.2) is 24.3 Å². The highest BCUT2D eigenvalue weighted by molar-refractivity contribution is 7.86. The van der Waals surface area contributed by atoms with Crippen LogP contribution in [0.2, 0.25) is 0 Å². The van der Waals surface area contributed by atoms with E-state index >= 15 is 0 Å². The van der Waals surface area contributed by atoms with Crippen LogP contribution in [0.1, 0.15) is 12.8 Å². The summed E-state index contributed by atoms with van der Waals surface area (Å²) >= 11 is 0. The lowest BCUT2D eigenvalue weighted by Crippen LogP contribution is -2.28. The molecule has 1 aromatic rings. The van der Waals surface area contributed by atoms with Gasteiger partial charge in [-0.3, -0.25) is 14.5 Å². The fourth-order valence-corrected chi connectivity index (χ4v) is 2.15. The van der Waals surface area contributed by atoms with Crippen molar-refractivity contribution in [2.75, 3.05) is 11.2 Å². The van der Waals surface area contributed by atoms with E-state index in [1.54, 1.807) is 0 Å². The van der Waals surface area contributed by atoms with Crippen LogP contribution in [-0.2, 0) is 19.7 Å². The maximum atomic E-state index is 11.5. The quantitative estimate of drug-likeness (QED) is 0.595.